The number of ether oxygens (including phenoxy) is 1. The topological polar surface area (TPSA) is 46.5 Å². The summed E-state index contributed by atoms with van der Waals surface area (Å²) < 4.78 is 57.7. The molecular formula is C11H8F4O3. The maximum absolute atomic E-state index is 13.6. The molecule has 1 aliphatic carbocycles. The van der Waals surface area contributed by atoms with Crippen molar-refractivity contribution in [2.45, 2.75) is 17.8 Å². The number of halogens is 4. The fourth-order valence-electron chi connectivity index (χ4n) is 2.02. The van der Waals surface area contributed by atoms with Crippen LogP contribution in [0, 0.1) is 11.6 Å². The fourth-order valence-corrected chi connectivity index (χ4v) is 2.02. The Morgan fingerprint density at radius 3 is 2.33 bits per heavy atom. The van der Waals surface area contributed by atoms with Crippen molar-refractivity contribution in [2.75, 3.05) is 7.11 Å². The molecule has 1 aliphatic rings. The van der Waals surface area contributed by atoms with Crippen LogP contribution in [0.15, 0.2) is 12.1 Å². The lowest BCUT2D eigenvalue weighted by molar-refractivity contribution is -0.143. The minimum absolute atomic E-state index is 0.358. The number of carboxylic acid groups (broad SMARTS) is 1. The van der Waals surface area contributed by atoms with Gasteiger partial charge in [-0.05, 0) is 0 Å². The van der Waals surface area contributed by atoms with E-state index in [9.17, 15) is 22.4 Å². The number of carbonyl (C=O) groups is 1. The molecule has 0 radical (unpaired) electrons. The summed E-state index contributed by atoms with van der Waals surface area (Å²) in [7, 11) is 1.02. The molecule has 18 heavy (non-hydrogen) atoms. The Bertz CT molecular complexity index is 529. The number of rotatable bonds is 3. The molecule has 1 fully saturated rings. The van der Waals surface area contributed by atoms with Crippen molar-refractivity contribution in [3.63, 3.8) is 0 Å². The molecule has 0 saturated heterocycles. The van der Waals surface area contributed by atoms with Gasteiger partial charge >= 0.3 is 5.97 Å². The minimum Gasteiger partial charge on any atom is -0.496 e. The van der Waals surface area contributed by atoms with E-state index in [0.29, 0.717) is 12.1 Å². The van der Waals surface area contributed by atoms with Crippen molar-refractivity contribution in [2.24, 2.45) is 0 Å². The van der Waals surface area contributed by atoms with Gasteiger partial charge < -0.3 is 9.84 Å². The zero-order valence-corrected chi connectivity index (χ0v) is 9.14. The van der Waals surface area contributed by atoms with Crippen molar-refractivity contribution in [3.05, 3.63) is 29.3 Å². The van der Waals surface area contributed by atoms with Crippen molar-refractivity contribution < 1.29 is 32.2 Å². The second kappa shape index (κ2) is 3.60. The van der Waals surface area contributed by atoms with Crippen LogP contribution in [0.1, 0.15) is 12.0 Å². The van der Waals surface area contributed by atoms with Crippen LogP contribution in [0.5, 0.6) is 5.75 Å². The lowest BCUT2D eigenvalue weighted by Gasteiger charge is -2.16. The van der Waals surface area contributed by atoms with Crippen LogP contribution in [0.25, 0.3) is 0 Å². The number of alkyl halides is 2. The number of methoxy groups -OCH3 is 1. The first-order valence-corrected chi connectivity index (χ1v) is 4.91. The molecule has 0 aromatic heterocycles. The third-order valence-corrected chi connectivity index (χ3v) is 3.02. The number of carboxylic acids is 1. The Morgan fingerprint density at radius 2 is 1.94 bits per heavy atom. The smallest absolute Gasteiger partial charge is 0.320 e. The quantitative estimate of drug-likeness (QED) is 0.852. The van der Waals surface area contributed by atoms with E-state index in [1.165, 1.54) is 0 Å². The number of hydrogen-bond donors (Lipinski definition) is 1. The van der Waals surface area contributed by atoms with Gasteiger partial charge in [0.05, 0.1) is 12.7 Å². The summed E-state index contributed by atoms with van der Waals surface area (Å²) in [5.41, 5.74) is -3.49. The number of hydrogen-bond acceptors (Lipinski definition) is 2. The van der Waals surface area contributed by atoms with Crippen molar-refractivity contribution >= 4 is 5.97 Å². The average molecular weight is 264 g/mol. The summed E-state index contributed by atoms with van der Waals surface area (Å²) in [6, 6.07) is 1.04. The molecule has 0 spiro atoms. The Kier molecular flexibility index (Phi) is 2.53. The highest BCUT2D eigenvalue weighted by molar-refractivity contribution is 5.89. The standard InChI is InChI=1S/C11H8F4O3/c1-18-7-3-5(12)2-6(13)8(7)10(9(16)17)4-11(10,14)15/h2-3H,4H2,1H3,(H,16,17). The van der Waals surface area contributed by atoms with E-state index in [-0.39, 0.29) is 0 Å². The zero-order chi connectivity index (χ0) is 13.7. The zero-order valence-electron chi connectivity index (χ0n) is 9.14. The molecule has 1 aromatic carbocycles. The first kappa shape index (κ1) is 12.7. The maximum Gasteiger partial charge on any atom is 0.320 e. The minimum atomic E-state index is -3.58. The Morgan fingerprint density at radius 1 is 1.39 bits per heavy atom. The van der Waals surface area contributed by atoms with E-state index in [1.54, 1.807) is 0 Å². The highest BCUT2D eigenvalue weighted by atomic mass is 19.3. The van der Waals surface area contributed by atoms with Crippen LogP contribution in [0.3, 0.4) is 0 Å². The molecular weight excluding hydrogens is 256 g/mol. The summed E-state index contributed by atoms with van der Waals surface area (Å²) >= 11 is 0. The molecule has 0 bridgehead atoms. The maximum atomic E-state index is 13.6. The molecule has 0 heterocycles. The highest BCUT2D eigenvalue weighted by Gasteiger charge is 2.79. The van der Waals surface area contributed by atoms with E-state index in [2.05, 4.69) is 4.74 Å². The van der Waals surface area contributed by atoms with Gasteiger partial charge in [-0.15, -0.1) is 0 Å². The van der Waals surface area contributed by atoms with E-state index >= 15 is 0 Å². The van der Waals surface area contributed by atoms with Gasteiger partial charge in [-0.3, -0.25) is 4.79 Å². The van der Waals surface area contributed by atoms with Gasteiger partial charge in [0.2, 0.25) is 0 Å². The summed E-state index contributed by atoms with van der Waals surface area (Å²) in [5, 5.41) is 8.91. The van der Waals surface area contributed by atoms with Gasteiger partial charge in [0.25, 0.3) is 5.92 Å². The lowest BCUT2D eigenvalue weighted by Crippen LogP contribution is -2.29. The molecule has 0 amide bonds. The molecule has 1 unspecified atom stereocenters. The molecule has 7 heteroatoms. The van der Waals surface area contributed by atoms with Crippen LogP contribution in [0.4, 0.5) is 17.6 Å². The fraction of sp³-hybridized carbons (Fsp3) is 0.364. The van der Waals surface area contributed by atoms with Crippen molar-refractivity contribution in [3.8, 4) is 5.75 Å². The van der Waals surface area contributed by atoms with Gasteiger partial charge in [-0.1, -0.05) is 0 Å². The van der Waals surface area contributed by atoms with Crippen molar-refractivity contribution in [1.29, 1.82) is 0 Å². The summed E-state index contributed by atoms with van der Waals surface area (Å²) in [6.07, 6.45) is -1.03. The normalized spacial score (nSPS) is 24.7. The van der Waals surface area contributed by atoms with E-state index < -0.39 is 46.7 Å². The summed E-state index contributed by atoms with van der Waals surface area (Å²) in [5.74, 6) is -8.36. The second-order valence-electron chi connectivity index (χ2n) is 4.06. The van der Waals surface area contributed by atoms with Crippen LogP contribution in [-0.2, 0) is 10.2 Å². The third-order valence-electron chi connectivity index (χ3n) is 3.02. The van der Waals surface area contributed by atoms with Crippen LogP contribution in [0.2, 0.25) is 0 Å². The van der Waals surface area contributed by atoms with Crippen LogP contribution < -0.4 is 4.74 Å². The highest BCUT2D eigenvalue weighted by Crippen LogP contribution is 2.63. The molecule has 1 atom stereocenters. The van der Waals surface area contributed by atoms with Crippen LogP contribution >= 0.6 is 0 Å². The largest absolute Gasteiger partial charge is 0.496 e. The summed E-state index contributed by atoms with van der Waals surface area (Å²) in [4.78, 5) is 11.0. The predicted molar refractivity (Wildman–Crippen MR) is 51.8 cm³/mol. The molecule has 1 saturated carbocycles. The number of benzene rings is 1. The monoisotopic (exact) mass is 264 g/mol. The van der Waals surface area contributed by atoms with Gasteiger partial charge in [0, 0.05) is 18.6 Å². The predicted octanol–water partition coefficient (Wildman–Crippen LogP) is 2.33. The average Bonchev–Trinajstić information content (AvgIpc) is 2.81. The van der Waals surface area contributed by atoms with E-state index in [4.69, 9.17) is 5.11 Å². The SMILES string of the molecule is COc1cc(F)cc(F)c1C1(C(=O)O)CC1(F)F. The van der Waals surface area contributed by atoms with E-state index in [1.807, 2.05) is 0 Å². The summed E-state index contributed by atoms with van der Waals surface area (Å²) in [6.45, 7) is 0. The molecule has 3 nitrogen and oxygen atoms in total. The van der Waals surface area contributed by atoms with Gasteiger partial charge in [0.15, 0.2) is 5.41 Å². The molecule has 1 aromatic rings. The van der Waals surface area contributed by atoms with Crippen LogP contribution in [-0.4, -0.2) is 24.1 Å². The Balaban J connectivity index is 2.68. The molecule has 1 N–H and O–H groups in total. The molecule has 0 aliphatic heterocycles. The lowest BCUT2D eigenvalue weighted by atomic mass is 9.93. The molecule has 2 rings (SSSR count). The molecule has 98 valence electrons. The first-order chi connectivity index (χ1) is 8.26. The van der Waals surface area contributed by atoms with Gasteiger partial charge in [-0.25, -0.2) is 17.6 Å². The van der Waals surface area contributed by atoms with E-state index in [0.717, 1.165) is 7.11 Å². The second-order valence-corrected chi connectivity index (χ2v) is 4.06. The number of aliphatic carboxylic acids is 1. The Hall–Kier alpha value is -1.79. The third kappa shape index (κ3) is 1.46. The van der Waals surface area contributed by atoms with Gasteiger partial charge in [-0.2, -0.15) is 0 Å². The van der Waals surface area contributed by atoms with Crippen molar-refractivity contribution in [1.82, 2.24) is 0 Å². The Labute approximate surface area is 99.0 Å². The van der Waals surface area contributed by atoms with Gasteiger partial charge in [0.1, 0.15) is 17.4 Å². The first-order valence-electron chi connectivity index (χ1n) is 4.91.